The van der Waals surface area contributed by atoms with Gasteiger partial charge in [-0.15, -0.1) is 0 Å². The van der Waals surface area contributed by atoms with Crippen molar-refractivity contribution in [1.82, 2.24) is 4.90 Å². The highest BCUT2D eigenvalue weighted by atomic mass is 16.5. The molecule has 1 aromatic rings. The first-order valence-corrected chi connectivity index (χ1v) is 6.24. The van der Waals surface area contributed by atoms with E-state index in [1.165, 1.54) is 5.56 Å². The Bertz CT molecular complexity index is 298. The Balaban J connectivity index is 2.34. The zero-order chi connectivity index (χ0) is 12.5. The summed E-state index contributed by atoms with van der Waals surface area (Å²) in [6, 6.07) is 8.27. The van der Waals surface area contributed by atoms with Gasteiger partial charge in [0.05, 0.1) is 13.2 Å². The van der Waals surface area contributed by atoms with E-state index in [-0.39, 0.29) is 0 Å². The molecule has 0 aromatic heterocycles. The molecule has 0 unspecified atom stereocenters. The average Bonchev–Trinajstić information content (AvgIpc) is 2.32. The van der Waals surface area contributed by atoms with Crippen LogP contribution in [0.3, 0.4) is 0 Å². The second-order valence-electron chi connectivity index (χ2n) is 4.01. The molecule has 0 bridgehead atoms. The molecule has 0 aliphatic rings. The number of nitrogens with zero attached hydrogens (tertiary/aromatic N) is 1. The van der Waals surface area contributed by atoms with E-state index in [1.54, 1.807) is 0 Å². The Morgan fingerprint density at radius 1 is 1.06 bits per heavy atom. The molecule has 0 spiro atoms. The minimum Gasteiger partial charge on any atom is -0.494 e. The molecule has 1 aromatic carbocycles. The summed E-state index contributed by atoms with van der Waals surface area (Å²) >= 11 is 0. The normalized spacial score (nSPS) is 10.8. The summed E-state index contributed by atoms with van der Waals surface area (Å²) in [6.07, 6.45) is 0. The Hall–Kier alpha value is -1.06. The molecule has 1 rings (SSSR count). The maximum absolute atomic E-state index is 5.41. The van der Waals surface area contributed by atoms with Crippen molar-refractivity contribution in [1.29, 1.82) is 0 Å². The van der Waals surface area contributed by atoms with Crippen molar-refractivity contribution in [2.75, 3.05) is 33.4 Å². The lowest BCUT2D eigenvalue weighted by Crippen LogP contribution is -2.22. The summed E-state index contributed by atoms with van der Waals surface area (Å²) in [5, 5.41) is 0. The van der Waals surface area contributed by atoms with E-state index >= 15 is 0 Å². The highest BCUT2D eigenvalue weighted by Crippen LogP contribution is 2.13. The third-order valence-electron chi connectivity index (χ3n) is 2.51. The van der Waals surface area contributed by atoms with Gasteiger partial charge < -0.3 is 9.47 Å². The molecular formula is C14H23NO2. The molecule has 3 heteroatoms. The van der Waals surface area contributed by atoms with Gasteiger partial charge in [0.15, 0.2) is 0 Å². The van der Waals surface area contributed by atoms with Crippen LogP contribution in [-0.4, -0.2) is 38.3 Å². The largest absolute Gasteiger partial charge is 0.494 e. The molecule has 0 fully saturated rings. The van der Waals surface area contributed by atoms with E-state index in [1.807, 2.05) is 26.0 Å². The first-order valence-electron chi connectivity index (χ1n) is 6.24. The van der Waals surface area contributed by atoms with E-state index in [2.05, 4.69) is 24.1 Å². The highest BCUT2D eigenvalue weighted by Gasteiger charge is 2.00. The van der Waals surface area contributed by atoms with Gasteiger partial charge in [0, 0.05) is 19.7 Å². The fraction of sp³-hybridized carbons (Fsp3) is 0.571. The summed E-state index contributed by atoms with van der Waals surface area (Å²) in [4.78, 5) is 2.26. The van der Waals surface area contributed by atoms with Gasteiger partial charge in [-0.05, 0) is 38.6 Å². The Kier molecular flexibility index (Phi) is 6.67. The fourth-order valence-electron chi connectivity index (χ4n) is 1.61. The third kappa shape index (κ3) is 5.71. The van der Waals surface area contributed by atoms with Crippen LogP contribution in [0.15, 0.2) is 24.3 Å². The van der Waals surface area contributed by atoms with Crippen LogP contribution in [0, 0.1) is 0 Å². The first kappa shape index (κ1) is 14.0. The van der Waals surface area contributed by atoms with Crippen molar-refractivity contribution in [2.45, 2.75) is 20.4 Å². The van der Waals surface area contributed by atoms with E-state index in [9.17, 15) is 0 Å². The smallest absolute Gasteiger partial charge is 0.119 e. The van der Waals surface area contributed by atoms with Crippen molar-refractivity contribution in [3.63, 3.8) is 0 Å². The Morgan fingerprint density at radius 2 is 1.76 bits per heavy atom. The predicted octanol–water partition coefficient (Wildman–Crippen LogP) is 2.55. The quantitative estimate of drug-likeness (QED) is 0.649. The molecule has 0 radical (unpaired) electrons. The summed E-state index contributed by atoms with van der Waals surface area (Å²) in [7, 11) is 2.11. The van der Waals surface area contributed by atoms with Crippen molar-refractivity contribution in [3.8, 4) is 5.75 Å². The monoisotopic (exact) mass is 237 g/mol. The van der Waals surface area contributed by atoms with Gasteiger partial charge in [0.1, 0.15) is 5.75 Å². The lowest BCUT2D eigenvalue weighted by Gasteiger charge is -2.16. The van der Waals surface area contributed by atoms with Crippen LogP contribution >= 0.6 is 0 Å². The molecular weight excluding hydrogens is 214 g/mol. The van der Waals surface area contributed by atoms with Crippen LogP contribution in [-0.2, 0) is 11.3 Å². The van der Waals surface area contributed by atoms with Crippen LogP contribution < -0.4 is 4.74 Å². The number of hydrogen-bond donors (Lipinski definition) is 0. The summed E-state index contributed by atoms with van der Waals surface area (Å²) < 4.78 is 10.7. The van der Waals surface area contributed by atoms with Gasteiger partial charge >= 0.3 is 0 Å². The summed E-state index contributed by atoms with van der Waals surface area (Å²) in [5.74, 6) is 0.938. The summed E-state index contributed by atoms with van der Waals surface area (Å²) in [5.41, 5.74) is 1.30. The first-order chi connectivity index (χ1) is 8.26. The number of ether oxygens (including phenoxy) is 2. The molecule has 0 aliphatic carbocycles. The number of hydrogen-bond acceptors (Lipinski definition) is 3. The van der Waals surface area contributed by atoms with Crippen LogP contribution in [0.4, 0.5) is 0 Å². The number of rotatable bonds is 8. The fourth-order valence-corrected chi connectivity index (χ4v) is 1.61. The van der Waals surface area contributed by atoms with Gasteiger partial charge in [0.2, 0.25) is 0 Å². The Morgan fingerprint density at radius 3 is 2.35 bits per heavy atom. The van der Waals surface area contributed by atoms with Crippen LogP contribution in [0.25, 0.3) is 0 Å². The zero-order valence-corrected chi connectivity index (χ0v) is 11.1. The summed E-state index contributed by atoms with van der Waals surface area (Å²) in [6.45, 7) is 8.22. The van der Waals surface area contributed by atoms with Crippen molar-refractivity contribution >= 4 is 0 Å². The predicted molar refractivity (Wildman–Crippen MR) is 70.4 cm³/mol. The molecule has 96 valence electrons. The SMILES string of the molecule is CCOCCN(C)Cc1ccc(OCC)cc1. The lowest BCUT2D eigenvalue weighted by molar-refractivity contribution is 0.120. The molecule has 17 heavy (non-hydrogen) atoms. The topological polar surface area (TPSA) is 21.7 Å². The minimum absolute atomic E-state index is 0.716. The van der Waals surface area contributed by atoms with Crippen LogP contribution in [0.1, 0.15) is 19.4 Å². The average molecular weight is 237 g/mol. The lowest BCUT2D eigenvalue weighted by atomic mass is 10.2. The van der Waals surface area contributed by atoms with Gasteiger partial charge in [0.25, 0.3) is 0 Å². The molecule has 0 saturated carbocycles. The van der Waals surface area contributed by atoms with Gasteiger partial charge in [-0.25, -0.2) is 0 Å². The molecule has 0 atom stereocenters. The van der Waals surface area contributed by atoms with Gasteiger partial charge in [-0.1, -0.05) is 12.1 Å². The molecule has 0 heterocycles. The molecule has 0 aliphatic heterocycles. The minimum atomic E-state index is 0.716. The van der Waals surface area contributed by atoms with Crippen LogP contribution in [0.5, 0.6) is 5.75 Å². The second-order valence-corrected chi connectivity index (χ2v) is 4.01. The molecule has 0 amide bonds. The highest BCUT2D eigenvalue weighted by molar-refractivity contribution is 5.27. The number of benzene rings is 1. The van der Waals surface area contributed by atoms with Gasteiger partial charge in [-0.2, -0.15) is 0 Å². The standard InChI is InChI=1S/C14H23NO2/c1-4-16-11-10-15(3)12-13-6-8-14(9-7-13)17-5-2/h6-9H,4-5,10-12H2,1-3H3. The van der Waals surface area contributed by atoms with E-state index in [0.29, 0.717) is 6.61 Å². The Labute approximate surface area is 104 Å². The molecule has 0 N–H and O–H groups in total. The van der Waals surface area contributed by atoms with E-state index in [4.69, 9.17) is 9.47 Å². The molecule has 0 saturated heterocycles. The van der Waals surface area contributed by atoms with E-state index in [0.717, 1.165) is 32.1 Å². The van der Waals surface area contributed by atoms with E-state index < -0.39 is 0 Å². The second kappa shape index (κ2) is 8.09. The van der Waals surface area contributed by atoms with Crippen LogP contribution in [0.2, 0.25) is 0 Å². The van der Waals surface area contributed by atoms with Crippen molar-refractivity contribution < 1.29 is 9.47 Å². The maximum atomic E-state index is 5.41. The van der Waals surface area contributed by atoms with Crippen molar-refractivity contribution in [2.24, 2.45) is 0 Å². The third-order valence-corrected chi connectivity index (χ3v) is 2.51. The maximum Gasteiger partial charge on any atom is 0.119 e. The zero-order valence-electron chi connectivity index (χ0n) is 11.1. The van der Waals surface area contributed by atoms with Crippen molar-refractivity contribution in [3.05, 3.63) is 29.8 Å². The number of likely N-dealkylation sites (N-methyl/N-ethyl adjacent to an activating group) is 1. The van der Waals surface area contributed by atoms with Gasteiger partial charge in [-0.3, -0.25) is 4.90 Å². The molecule has 3 nitrogen and oxygen atoms in total.